The van der Waals surface area contributed by atoms with Crippen molar-refractivity contribution in [2.45, 2.75) is 0 Å². The maximum atomic E-state index is 0. The summed E-state index contributed by atoms with van der Waals surface area (Å²) in [6, 6.07) is 0. The molecule has 0 aliphatic heterocycles. The Morgan fingerprint density at radius 2 is 0.188 bits per heavy atom. The monoisotopic (exact) mass is 350 g/mol. The van der Waals surface area contributed by atoms with Gasteiger partial charge in [-0.25, -0.2) is 0 Å². The van der Waals surface area contributed by atoms with Crippen LogP contribution in [0, 0.1) is 89.1 Å². The van der Waals surface area contributed by atoms with Gasteiger partial charge >= 0.3 is 84.8 Å². The molecule has 0 unspecified atom stereocenters. The van der Waals surface area contributed by atoms with Gasteiger partial charge in [-0.2, -0.15) is 0 Å². The molecule has 0 N–H and O–H groups in total. The number of hydrogen-bond donors (Lipinski definition) is 0. The molecule has 0 atom stereocenters. The third-order valence-electron chi connectivity index (χ3n) is 0. The largest absolute Gasteiger partial charge is 3.00 e. The fourth-order valence-electron chi connectivity index (χ4n) is 0. The Morgan fingerprint density at radius 1 is 0.188 bits per heavy atom. The van der Waals surface area contributed by atoms with Gasteiger partial charge in [0.1, 0.15) is 0 Å². The predicted octanol–water partition coefficient (Wildman–Crippen LogP) is 4.26. The average Bonchev–Trinajstić information content (AvgIpc) is 0. The summed E-state index contributed by atoms with van der Waals surface area (Å²) in [7, 11) is 0. The van der Waals surface area contributed by atoms with Crippen LogP contribution in [0.4, 0.5) is 0 Å². The summed E-state index contributed by atoms with van der Waals surface area (Å²) in [5, 5.41) is 0. The first-order chi connectivity index (χ1) is 0. The van der Waals surface area contributed by atoms with Crippen molar-refractivity contribution in [3.63, 3.8) is 0 Å². The zero-order valence-electron chi connectivity index (χ0n) is 14.3. The molecule has 16 heavy (non-hydrogen) atoms. The van der Waals surface area contributed by atoms with Gasteiger partial charge in [0.25, 0.3) is 0 Å². The summed E-state index contributed by atoms with van der Waals surface area (Å²) in [5.41, 5.74) is 0. The first kappa shape index (κ1) is 803. The van der Waals surface area contributed by atoms with Gasteiger partial charge in [0, 0.05) is 0 Å². The van der Waals surface area contributed by atoms with Crippen molar-refractivity contribution in [3.8, 4) is 0 Å². The molecular formula is C12H36Al3Y. The van der Waals surface area contributed by atoms with Crippen LogP contribution in [0.25, 0.3) is 0 Å². The summed E-state index contributed by atoms with van der Waals surface area (Å²) in [4.78, 5) is 0. The van der Waals surface area contributed by atoms with Crippen molar-refractivity contribution >= 4 is 52.1 Å². The molecule has 0 radical (unpaired) electrons. The maximum absolute atomic E-state index is 0. The van der Waals surface area contributed by atoms with E-state index in [1.807, 2.05) is 0 Å². The fraction of sp³-hybridized carbons (Fsp3) is 0. The fourth-order valence-corrected chi connectivity index (χ4v) is 0. The second-order valence-electron chi connectivity index (χ2n) is 0. The van der Waals surface area contributed by atoms with E-state index < -0.39 is 0 Å². The van der Waals surface area contributed by atoms with Crippen LogP contribution >= 0.6 is 0 Å². The summed E-state index contributed by atoms with van der Waals surface area (Å²) >= 11 is 0. The van der Waals surface area contributed by atoms with E-state index in [1.165, 1.54) is 0 Å². The van der Waals surface area contributed by atoms with Gasteiger partial charge < -0.3 is 89.1 Å². The van der Waals surface area contributed by atoms with Crippen molar-refractivity contribution in [3.05, 3.63) is 89.1 Å². The standard InChI is InChI=1S/12CH3.3Al.Y/h12*1H3;;;;/q12*-1;4*+3. The van der Waals surface area contributed by atoms with E-state index in [-0.39, 0.29) is 174 Å². The van der Waals surface area contributed by atoms with Crippen LogP contribution < -0.4 is 0 Å². The molecule has 0 aromatic carbocycles. The van der Waals surface area contributed by atoms with Crippen molar-refractivity contribution in [1.82, 2.24) is 0 Å². The predicted molar refractivity (Wildman–Crippen MR) is 94.2 cm³/mol. The van der Waals surface area contributed by atoms with Gasteiger partial charge in [0.15, 0.2) is 0 Å². The van der Waals surface area contributed by atoms with Gasteiger partial charge in [0.05, 0.1) is 0 Å². The first-order valence-corrected chi connectivity index (χ1v) is 0. The minimum absolute atomic E-state index is 0. The molecule has 96 valence electrons. The van der Waals surface area contributed by atoms with E-state index in [0.717, 1.165) is 0 Å². The van der Waals surface area contributed by atoms with Gasteiger partial charge in [-0.3, -0.25) is 0 Å². The van der Waals surface area contributed by atoms with Crippen molar-refractivity contribution in [2.24, 2.45) is 0 Å². The van der Waals surface area contributed by atoms with E-state index in [1.54, 1.807) is 0 Å². The van der Waals surface area contributed by atoms with E-state index >= 15 is 0 Å². The van der Waals surface area contributed by atoms with Crippen LogP contribution in [0.3, 0.4) is 0 Å². The van der Waals surface area contributed by atoms with Crippen molar-refractivity contribution in [1.29, 1.82) is 0 Å². The minimum atomic E-state index is 0. The molecule has 0 saturated heterocycles. The molecule has 0 rings (SSSR count). The smallest absolute Gasteiger partial charge is 0.358 e. The third kappa shape index (κ3) is 564. The molecule has 0 aromatic heterocycles. The van der Waals surface area contributed by atoms with Gasteiger partial charge in [-0.1, -0.05) is 0 Å². The zero-order chi connectivity index (χ0) is 0. The summed E-state index contributed by atoms with van der Waals surface area (Å²) < 4.78 is 0. The van der Waals surface area contributed by atoms with Crippen LogP contribution in [0.1, 0.15) is 0 Å². The molecule has 0 spiro atoms. The van der Waals surface area contributed by atoms with Gasteiger partial charge in [-0.05, 0) is 0 Å². The Bertz CT molecular complexity index is 16.2. The number of rotatable bonds is 0. The Morgan fingerprint density at radius 3 is 0.188 bits per heavy atom. The quantitative estimate of drug-likeness (QED) is 0.452. The van der Waals surface area contributed by atoms with E-state index in [0.29, 0.717) is 0 Å². The van der Waals surface area contributed by atoms with Gasteiger partial charge in [-0.15, -0.1) is 0 Å². The molecule has 0 aliphatic rings. The van der Waals surface area contributed by atoms with Crippen LogP contribution in [0.2, 0.25) is 0 Å². The molecule has 0 saturated carbocycles. The second-order valence-corrected chi connectivity index (χ2v) is 0. The molecular weight excluding hydrogens is 314 g/mol. The summed E-state index contributed by atoms with van der Waals surface area (Å²) in [6.07, 6.45) is 0. The van der Waals surface area contributed by atoms with Crippen LogP contribution in [-0.2, 0) is 32.7 Å². The Hall–Kier alpha value is 2.70. The minimum Gasteiger partial charge on any atom is -0.358 e. The first-order valence-electron chi connectivity index (χ1n) is 0. The van der Waals surface area contributed by atoms with E-state index in [9.17, 15) is 0 Å². The molecule has 0 aliphatic carbocycles. The summed E-state index contributed by atoms with van der Waals surface area (Å²) in [6.45, 7) is 0. The molecule has 0 aromatic rings. The third-order valence-corrected chi connectivity index (χ3v) is 0. The molecule has 0 bridgehead atoms. The molecule has 4 heteroatoms. The maximum Gasteiger partial charge on any atom is 3.00 e. The normalized spacial score (nSPS) is 0. The zero-order valence-corrected chi connectivity index (χ0v) is 20.6. The van der Waals surface area contributed by atoms with Crippen LogP contribution in [-0.4, -0.2) is 52.1 Å². The number of hydrogen-bond acceptors (Lipinski definition) is 0. The van der Waals surface area contributed by atoms with Gasteiger partial charge in [0.2, 0.25) is 0 Å². The molecule has 0 amide bonds. The summed E-state index contributed by atoms with van der Waals surface area (Å²) in [5.74, 6) is 0. The van der Waals surface area contributed by atoms with E-state index in [2.05, 4.69) is 0 Å². The van der Waals surface area contributed by atoms with Crippen molar-refractivity contribution < 1.29 is 32.7 Å². The SMILES string of the molecule is [Al+3].[Al+3].[Al+3].[CH3-].[CH3-].[CH3-].[CH3-].[CH3-].[CH3-].[CH3-].[CH3-].[CH3-].[CH3-].[CH3-].[CH3-].[Y+3]. The van der Waals surface area contributed by atoms with Crippen LogP contribution in [0.5, 0.6) is 0 Å². The molecule has 0 nitrogen and oxygen atoms in total. The van der Waals surface area contributed by atoms with Crippen molar-refractivity contribution in [2.75, 3.05) is 0 Å². The average molecular weight is 350 g/mol. The topological polar surface area (TPSA) is 0 Å². The second kappa shape index (κ2) is 677. The Labute approximate surface area is 172 Å². The Balaban J connectivity index is 0. The van der Waals surface area contributed by atoms with E-state index in [4.69, 9.17) is 0 Å². The Kier molecular flexibility index (Phi) is 34000. The molecule has 0 heterocycles. The van der Waals surface area contributed by atoms with Crippen LogP contribution in [0.15, 0.2) is 0 Å². The molecule has 0 fully saturated rings.